The van der Waals surface area contributed by atoms with Crippen molar-refractivity contribution in [3.05, 3.63) is 72.3 Å². The van der Waals surface area contributed by atoms with Crippen molar-refractivity contribution in [1.29, 1.82) is 0 Å². The fourth-order valence-corrected chi connectivity index (χ4v) is 7.84. The van der Waals surface area contributed by atoms with E-state index in [0.29, 0.717) is 34.9 Å². The Bertz CT molecular complexity index is 2000. The van der Waals surface area contributed by atoms with Crippen LogP contribution in [-0.2, 0) is 23.5 Å². The number of unbranched alkanes of at least 4 members (excludes halogenated alkanes) is 1. The van der Waals surface area contributed by atoms with Crippen LogP contribution >= 0.6 is 15.2 Å². The maximum atomic E-state index is 14.1. The zero-order valence-corrected chi connectivity index (χ0v) is 31.9. The van der Waals surface area contributed by atoms with E-state index in [1.54, 1.807) is 47.8 Å². The fourth-order valence-electron chi connectivity index (χ4n) is 5.65. The number of hydrogen-bond donors (Lipinski definition) is 6. The highest BCUT2D eigenvalue weighted by Crippen LogP contribution is 2.58. The Morgan fingerprint density at radius 1 is 0.945 bits per heavy atom. The van der Waals surface area contributed by atoms with Crippen LogP contribution in [0.3, 0.4) is 0 Å². The second kappa shape index (κ2) is 18.5. The van der Waals surface area contributed by atoms with E-state index in [0.717, 1.165) is 0 Å². The average Bonchev–Trinajstić information content (AvgIpc) is 3.57. The first-order valence-electron chi connectivity index (χ1n) is 17.0. The fraction of sp³-hybridized carbons (Fsp3) is 0.353. The first-order chi connectivity index (χ1) is 25.9. The lowest BCUT2D eigenvalue weighted by molar-refractivity contribution is -0.122. The quantitative estimate of drug-likeness (QED) is 0.0496. The van der Waals surface area contributed by atoms with Gasteiger partial charge in [-0.3, -0.25) is 33.3 Å². The van der Waals surface area contributed by atoms with E-state index in [2.05, 4.69) is 21.2 Å². The monoisotopic (exact) mass is 798 g/mol. The number of amides is 4. The number of benzene rings is 2. The number of hydrogen-bond acceptors (Lipinski definition) is 10. The number of nitrogens with one attached hydrogen (secondary N) is 2. The van der Waals surface area contributed by atoms with Gasteiger partial charge in [0.1, 0.15) is 23.1 Å². The molecule has 18 nitrogen and oxygen atoms in total. The van der Waals surface area contributed by atoms with Crippen molar-refractivity contribution in [3.8, 4) is 23.8 Å². The number of carbonyl (C=O) groups excluding carboxylic acids is 4. The highest BCUT2D eigenvalue weighted by atomic mass is 31.2. The highest BCUT2D eigenvalue weighted by Gasteiger charge is 2.47. The summed E-state index contributed by atoms with van der Waals surface area (Å²) in [5, 5.41) is 4.28. The smallest absolute Gasteiger partial charge is 0.522 e. The molecule has 0 saturated carbocycles. The van der Waals surface area contributed by atoms with Gasteiger partial charge in [-0.15, -0.1) is 6.42 Å². The van der Waals surface area contributed by atoms with Crippen LogP contribution in [0.1, 0.15) is 62.0 Å². The van der Waals surface area contributed by atoms with Crippen LogP contribution in [0.2, 0.25) is 0 Å². The van der Waals surface area contributed by atoms with Gasteiger partial charge in [0, 0.05) is 49.6 Å². The number of para-hydroxylation sites is 1. The molecule has 21 heteroatoms. The van der Waals surface area contributed by atoms with Crippen LogP contribution in [0.25, 0.3) is 0 Å². The molecule has 1 aliphatic rings. The van der Waals surface area contributed by atoms with E-state index in [4.69, 9.17) is 15.7 Å². The SMILES string of the molecule is C#Cc1ccccc1N(C(=O)CNC(=O)c1cnccn1)[C@H](CC(C)C)B1Oc2ccc(N(C)C(=O)CCCCC(=O)NC(P(=O)(O)O)P(=O)(O)O)cc2O1. The van der Waals surface area contributed by atoms with Crippen LogP contribution < -0.4 is 29.7 Å². The lowest BCUT2D eigenvalue weighted by atomic mass is 9.72. The van der Waals surface area contributed by atoms with Crippen molar-refractivity contribution in [3.63, 3.8) is 0 Å². The third-order valence-corrected chi connectivity index (χ3v) is 11.6. The lowest BCUT2D eigenvalue weighted by Gasteiger charge is -2.34. The molecule has 0 saturated heterocycles. The maximum absolute atomic E-state index is 14.1. The third kappa shape index (κ3) is 11.5. The predicted molar refractivity (Wildman–Crippen MR) is 201 cm³/mol. The van der Waals surface area contributed by atoms with E-state index in [1.807, 2.05) is 13.8 Å². The van der Waals surface area contributed by atoms with Crippen molar-refractivity contribution in [2.24, 2.45) is 5.92 Å². The number of fused-ring (bicyclic) bond motifs is 1. The molecular weight excluding hydrogens is 757 g/mol. The van der Waals surface area contributed by atoms with Gasteiger partial charge in [-0.05, 0) is 49.4 Å². The van der Waals surface area contributed by atoms with Gasteiger partial charge in [-0.25, -0.2) is 4.98 Å². The molecule has 2 heterocycles. The summed E-state index contributed by atoms with van der Waals surface area (Å²) >= 11 is 0. The molecular formula is C34H41BN6O12P2. The largest absolute Gasteiger partial charge is 0.619 e. The predicted octanol–water partition coefficient (Wildman–Crippen LogP) is 2.41. The number of carbonyl (C=O) groups is 4. The molecule has 0 fully saturated rings. The third-order valence-electron chi connectivity index (χ3n) is 8.29. The van der Waals surface area contributed by atoms with E-state index in [9.17, 15) is 47.9 Å². The lowest BCUT2D eigenvalue weighted by Crippen LogP contribution is -2.56. The molecule has 0 unspecified atom stereocenters. The van der Waals surface area contributed by atoms with Crippen molar-refractivity contribution in [2.45, 2.75) is 57.4 Å². The molecule has 0 aliphatic carbocycles. The summed E-state index contributed by atoms with van der Waals surface area (Å²) in [5.41, 5.74) is -1.35. The van der Waals surface area contributed by atoms with Crippen molar-refractivity contribution < 1.29 is 57.2 Å². The second-order valence-corrected chi connectivity index (χ2v) is 16.7. The van der Waals surface area contributed by atoms with E-state index < -0.39 is 58.0 Å². The first-order valence-corrected chi connectivity index (χ1v) is 20.3. The molecule has 0 spiro atoms. The second-order valence-electron chi connectivity index (χ2n) is 12.9. The number of terminal acetylenes is 1. The molecule has 1 aromatic heterocycles. The van der Waals surface area contributed by atoms with Crippen LogP contribution in [0.5, 0.6) is 11.5 Å². The van der Waals surface area contributed by atoms with Crippen molar-refractivity contribution in [1.82, 2.24) is 20.6 Å². The molecule has 0 bridgehead atoms. The molecule has 55 heavy (non-hydrogen) atoms. The summed E-state index contributed by atoms with van der Waals surface area (Å²) in [6.07, 6.45) is 10.2. The Hall–Kier alpha value is -5.08. The zero-order chi connectivity index (χ0) is 40.5. The maximum Gasteiger partial charge on any atom is 0.619 e. The Morgan fingerprint density at radius 2 is 1.62 bits per heavy atom. The van der Waals surface area contributed by atoms with Gasteiger partial charge in [0.05, 0.1) is 18.4 Å². The van der Waals surface area contributed by atoms with E-state index in [1.165, 1.54) is 35.4 Å². The van der Waals surface area contributed by atoms with Gasteiger partial charge in [0.15, 0.2) is 0 Å². The van der Waals surface area contributed by atoms with Gasteiger partial charge in [-0.2, -0.15) is 0 Å². The van der Waals surface area contributed by atoms with Crippen LogP contribution in [0.15, 0.2) is 61.1 Å². The van der Waals surface area contributed by atoms with Crippen LogP contribution in [-0.4, -0.2) is 85.3 Å². The average molecular weight is 798 g/mol. The standard InChI is InChI=1S/C34H41BN6O12P2/c1-5-23-10-6-7-11-26(23)41(32(44)21-38-33(45)25-20-36-16-17-37-25)29(18-22(2)3)35-52-27-15-14-24(19-28(27)53-35)40(4)31(43)13-9-8-12-30(42)39-34(54(46,47)48)55(49,50)51/h1,6-7,10-11,14-17,19-20,22,29,34H,8-9,12-13,18,21H2,2-4H3,(H,38,45)(H,39,42)(H2,46,47,48)(H2,49,50,51)/t29-/m1/s1. The zero-order valence-electron chi connectivity index (χ0n) is 30.1. The van der Waals surface area contributed by atoms with Gasteiger partial charge < -0.3 is 49.3 Å². The Kier molecular flexibility index (Phi) is 14.4. The molecule has 4 amide bonds. The minimum atomic E-state index is -5.34. The Morgan fingerprint density at radius 3 is 2.25 bits per heavy atom. The normalized spacial score (nSPS) is 12.9. The summed E-state index contributed by atoms with van der Waals surface area (Å²) < 4.78 is 35.4. The molecule has 3 aromatic rings. The van der Waals surface area contributed by atoms with E-state index in [-0.39, 0.29) is 43.2 Å². The van der Waals surface area contributed by atoms with Crippen LogP contribution in [0, 0.1) is 18.3 Å². The number of rotatable bonds is 17. The molecule has 6 N–H and O–H groups in total. The number of nitrogens with zero attached hydrogens (tertiary/aromatic N) is 4. The Labute approximate surface area is 317 Å². The van der Waals surface area contributed by atoms with Crippen molar-refractivity contribution >= 4 is 57.3 Å². The molecule has 2 aromatic carbocycles. The summed E-state index contributed by atoms with van der Waals surface area (Å²) in [6, 6.07) is 11.7. The summed E-state index contributed by atoms with van der Waals surface area (Å²) in [5.74, 6) is 0.117. The molecule has 1 aliphatic heterocycles. The molecule has 292 valence electrons. The Balaban J connectivity index is 1.46. The van der Waals surface area contributed by atoms with Gasteiger partial charge >= 0.3 is 22.3 Å². The molecule has 1 atom stereocenters. The summed E-state index contributed by atoms with van der Waals surface area (Å²) in [4.78, 5) is 99.5. The minimum absolute atomic E-state index is 0.0310. The highest BCUT2D eigenvalue weighted by molar-refractivity contribution is 7.70. The van der Waals surface area contributed by atoms with Crippen LogP contribution in [0.4, 0.5) is 11.4 Å². The number of aromatic nitrogens is 2. The van der Waals surface area contributed by atoms with E-state index >= 15 is 0 Å². The summed E-state index contributed by atoms with van der Waals surface area (Å²) in [6.45, 7) is 3.52. The topological polar surface area (TPSA) is 258 Å². The van der Waals surface area contributed by atoms with Gasteiger partial charge in [0.2, 0.25) is 23.2 Å². The number of anilines is 2. The van der Waals surface area contributed by atoms with Gasteiger partial charge in [0.25, 0.3) is 5.91 Å². The molecule has 0 radical (unpaired) electrons. The van der Waals surface area contributed by atoms with Gasteiger partial charge in [-0.1, -0.05) is 31.9 Å². The minimum Gasteiger partial charge on any atom is -0.522 e. The van der Waals surface area contributed by atoms with Crippen molar-refractivity contribution in [2.75, 3.05) is 23.4 Å². The molecule has 4 rings (SSSR count). The first kappa shape index (κ1) is 42.7. The summed E-state index contributed by atoms with van der Waals surface area (Å²) in [7, 11) is -10.2.